The molecular weight excluding hydrogens is 1020 g/mol. The quantitative estimate of drug-likeness (QED) is 0.0665. The Morgan fingerprint density at radius 3 is 1.90 bits per heavy atom. The zero-order chi connectivity index (χ0) is 55.5. The van der Waals surface area contributed by atoms with Gasteiger partial charge in [0.05, 0.1) is 42.8 Å². The van der Waals surface area contributed by atoms with E-state index in [4.69, 9.17) is 33.2 Å². The van der Waals surface area contributed by atoms with Gasteiger partial charge in [-0.15, -0.1) is 0 Å². The number of fused-ring (bicyclic) bond motifs is 5. The van der Waals surface area contributed by atoms with Gasteiger partial charge in [0.2, 0.25) is 6.10 Å². The summed E-state index contributed by atoms with van der Waals surface area (Å²) in [7, 11) is 0. The number of Topliss-reactive ketones (excluding diaryl/α,β-unsaturated/α-hetero) is 1. The molecule has 0 radical (unpaired) electrons. The number of carbonyl (C=O) groups excluding carboxylic acids is 9. The van der Waals surface area contributed by atoms with Gasteiger partial charge in [-0.1, -0.05) is 80.6 Å². The fourth-order valence-corrected chi connectivity index (χ4v) is 11.3. The summed E-state index contributed by atoms with van der Waals surface area (Å²) in [5.74, 6) is -13.2. The van der Waals surface area contributed by atoms with Crippen LogP contribution < -0.4 is 40.0 Å². The third kappa shape index (κ3) is 11.9. The van der Waals surface area contributed by atoms with E-state index in [1.165, 1.54) is 76.2 Å². The van der Waals surface area contributed by atoms with Crippen molar-refractivity contribution >= 4 is 59.4 Å². The third-order valence-electron chi connectivity index (χ3n) is 15.0. The van der Waals surface area contributed by atoms with Crippen LogP contribution in [-0.2, 0) is 71.5 Å². The normalized spacial score (nSPS) is 27.5. The molecule has 22 heteroatoms. The maximum atomic E-state index is 16.2. The topological polar surface area (TPSA) is 311 Å². The predicted octanol–water partition coefficient (Wildman–Crippen LogP) is 0.236. The molecule has 1 saturated heterocycles. The van der Waals surface area contributed by atoms with E-state index in [0.717, 1.165) is 13.8 Å². The van der Waals surface area contributed by atoms with E-state index >= 15 is 9.59 Å². The first-order valence-corrected chi connectivity index (χ1v) is 24.5. The number of esters is 6. The summed E-state index contributed by atoms with van der Waals surface area (Å²) in [6.07, 6.45) is -14.9. The molecule has 0 aromatic heterocycles. The number of ether oxygens (including phenoxy) is 7. The summed E-state index contributed by atoms with van der Waals surface area (Å²) >= 11 is 0. The molecule has 2 bridgehead atoms. The number of amides is 1. The van der Waals surface area contributed by atoms with Gasteiger partial charge in [-0.3, -0.25) is 33.6 Å². The molecule has 2 saturated carbocycles. The van der Waals surface area contributed by atoms with Crippen molar-refractivity contribution in [3.63, 3.8) is 0 Å². The van der Waals surface area contributed by atoms with Crippen LogP contribution in [0, 0.1) is 16.7 Å². The molecule has 21 nitrogen and oxygen atoms in total. The zero-order valence-corrected chi connectivity index (χ0v) is 45.5. The van der Waals surface area contributed by atoms with Gasteiger partial charge in [-0.25, -0.2) is 9.59 Å². The molecule has 1 aliphatic heterocycles. The number of hydrogen-bond donors (Lipinski definition) is 3. The maximum absolute atomic E-state index is 16.2. The van der Waals surface area contributed by atoms with E-state index in [1.807, 2.05) is 0 Å². The van der Waals surface area contributed by atoms with Gasteiger partial charge in [0.25, 0.3) is 5.91 Å². The Balaban J connectivity index is 0.00000961. The molecule has 404 valence electrons. The maximum Gasteiger partial charge on any atom is 1.00 e. The second-order valence-corrected chi connectivity index (χ2v) is 20.0. The summed E-state index contributed by atoms with van der Waals surface area (Å²) in [6, 6.07) is 21.5. The van der Waals surface area contributed by atoms with Gasteiger partial charge in [-0.2, -0.15) is 0 Å². The minimum Gasteiger partial charge on any atom is -0.550 e. The Bertz CT molecular complexity index is 2820. The Morgan fingerprint density at radius 2 is 1.35 bits per heavy atom. The zero-order valence-electron chi connectivity index (χ0n) is 43.5. The van der Waals surface area contributed by atoms with E-state index in [9.17, 15) is 53.7 Å². The van der Waals surface area contributed by atoms with Crippen molar-refractivity contribution in [3.8, 4) is 0 Å². The van der Waals surface area contributed by atoms with Crippen LogP contribution in [0.15, 0.2) is 102 Å². The molecule has 3 N–H and O–H groups in total. The van der Waals surface area contributed by atoms with Crippen molar-refractivity contribution in [1.82, 2.24) is 5.32 Å². The molecule has 4 unspecified atom stereocenters. The number of aliphatic carboxylic acids is 2. The molecule has 7 rings (SSSR count). The molecule has 0 spiro atoms. The van der Waals surface area contributed by atoms with E-state index in [0.29, 0.717) is 0 Å². The Kier molecular flexibility index (Phi) is 18.4. The Labute approximate surface area is 464 Å². The van der Waals surface area contributed by atoms with E-state index in [2.05, 4.69) is 5.32 Å². The number of benzene rings is 3. The van der Waals surface area contributed by atoms with E-state index < -0.39 is 169 Å². The van der Waals surface area contributed by atoms with Gasteiger partial charge in [-0.05, 0) is 61.2 Å². The first-order chi connectivity index (χ1) is 35.8. The SMILES string of the molecule is CC(=O)O[C@H]1C(=O)[C@@]2(C)C([C@@H](OC(=O)c3ccccc3)[C@]3(O)CC(OC(=O)[C@H](OC(=O)CCC(=O)[O-])C(NC(=O)c4ccccc4)c4ccccc4)C(C)=C1C3(C)C)[C@@]1(OC(C)=O)COC1C[C@@H]2OC(=O)CCC(=O)O.[Na+]. The minimum atomic E-state index is -2.63. The van der Waals surface area contributed by atoms with Crippen molar-refractivity contribution in [3.05, 3.63) is 119 Å². The number of nitrogens with one attached hydrogen (secondary N) is 1. The minimum absolute atomic E-state index is 0. The van der Waals surface area contributed by atoms with Crippen molar-refractivity contribution in [2.75, 3.05) is 6.61 Å². The molecule has 1 amide bonds. The van der Waals surface area contributed by atoms with Crippen molar-refractivity contribution in [2.24, 2.45) is 16.7 Å². The monoisotopic (exact) mass is 1080 g/mol. The second-order valence-electron chi connectivity index (χ2n) is 20.0. The second kappa shape index (κ2) is 23.9. The Morgan fingerprint density at radius 1 is 0.766 bits per heavy atom. The number of aliphatic hydroxyl groups is 1. The van der Waals surface area contributed by atoms with Crippen LogP contribution in [0.4, 0.5) is 0 Å². The van der Waals surface area contributed by atoms with Gasteiger partial charge in [0.15, 0.2) is 17.5 Å². The van der Waals surface area contributed by atoms with Crippen LogP contribution in [0.5, 0.6) is 0 Å². The molecule has 77 heavy (non-hydrogen) atoms. The van der Waals surface area contributed by atoms with Crippen LogP contribution in [-0.4, -0.2) is 124 Å². The van der Waals surface area contributed by atoms with Crippen LogP contribution in [0.25, 0.3) is 0 Å². The number of carboxylic acid groups (broad SMARTS) is 2. The summed E-state index contributed by atoms with van der Waals surface area (Å²) in [5.41, 5.74) is -8.68. The largest absolute Gasteiger partial charge is 1.00 e. The van der Waals surface area contributed by atoms with Gasteiger partial charge in [0.1, 0.15) is 36.1 Å². The number of hydrogen-bond acceptors (Lipinski definition) is 19. The average molecular weight is 1080 g/mol. The standard InChI is InChI=1S/C55H59NO20.Na/c1-29-35(72-51(68)45(74-41(64)25-23-39(61)62)43(32-16-10-7-11-17-32)56-49(66)33-18-12-8-13-19-33)27-55(69)48(75-50(67)34-20-14-9-15-21-34)46-53(6,47(65)44(71-30(2)57)42(29)52(55,4)5)36(73-40(63)24-22-38(59)60)26-37-54(46,28-70-37)76-31(3)58;/h7-21,35-37,43-46,48,69H,22-28H2,1-6H3,(H,56,66)(H,59,60)(H,61,62);/q;+1/p-1/t35?,36-,37?,43?,44+,45+,46?,48+,53+,54+,55+;/m0./s1. The number of rotatable bonds is 18. The van der Waals surface area contributed by atoms with Crippen LogP contribution in [0.3, 0.4) is 0 Å². The molecule has 3 aromatic rings. The first kappa shape index (κ1) is 59.5. The molecule has 3 fully saturated rings. The third-order valence-corrected chi connectivity index (χ3v) is 15.0. The van der Waals surface area contributed by atoms with Crippen molar-refractivity contribution in [1.29, 1.82) is 0 Å². The molecular formula is C55H58NNaO20. The van der Waals surface area contributed by atoms with E-state index in [-0.39, 0.29) is 63.8 Å². The molecule has 1 heterocycles. The van der Waals surface area contributed by atoms with Gasteiger partial charge >= 0.3 is 71.3 Å². The predicted molar refractivity (Wildman–Crippen MR) is 257 cm³/mol. The molecule has 3 aliphatic carbocycles. The number of carbonyl (C=O) groups is 10. The summed E-state index contributed by atoms with van der Waals surface area (Å²) in [6.45, 7) is 7.25. The Hall–Kier alpha value is -6.78. The van der Waals surface area contributed by atoms with Crippen LogP contribution in [0.2, 0.25) is 0 Å². The molecule has 4 aliphatic rings. The van der Waals surface area contributed by atoms with E-state index in [1.54, 1.807) is 42.5 Å². The summed E-state index contributed by atoms with van der Waals surface area (Å²) < 4.78 is 42.6. The fraction of sp³-hybridized carbons (Fsp3) is 0.455. The first-order valence-electron chi connectivity index (χ1n) is 24.5. The summed E-state index contributed by atoms with van der Waals surface area (Å²) in [4.78, 5) is 137. The summed E-state index contributed by atoms with van der Waals surface area (Å²) in [5, 5.41) is 37.7. The fourth-order valence-electron chi connectivity index (χ4n) is 11.3. The van der Waals surface area contributed by atoms with Crippen molar-refractivity contribution < 1.29 is 126 Å². The number of ketones is 1. The smallest absolute Gasteiger partial charge is 0.550 e. The van der Waals surface area contributed by atoms with Crippen LogP contribution in [0.1, 0.15) is 112 Å². The molecule has 3 aromatic carbocycles. The van der Waals surface area contributed by atoms with Gasteiger partial charge in [0, 0.05) is 43.6 Å². The van der Waals surface area contributed by atoms with Gasteiger partial charge < -0.3 is 58.6 Å². The van der Waals surface area contributed by atoms with Crippen LogP contribution >= 0.6 is 0 Å². The van der Waals surface area contributed by atoms with Crippen molar-refractivity contribution in [2.45, 2.75) is 134 Å². The average Bonchev–Trinajstić information content (AvgIpc) is 3.37. The molecule has 11 atom stereocenters. The number of carboxylic acids is 2.